The number of aryl methyl sites for hydroxylation is 1. The van der Waals surface area contributed by atoms with Gasteiger partial charge in [-0.1, -0.05) is 45.1 Å². The van der Waals surface area contributed by atoms with Gasteiger partial charge >= 0.3 is 0 Å². The first-order valence-corrected chi connectivity index (χ1v) is 15.5. The highest BCUT2D eigenvalue weighted by molar-refractivity contribution is 7.89. The SMILES string of the molecule is CCCN(CC(=O)C(C)NC(=O)[C@H](CC1CCCCC1)NC(=O)c1sccc1C)S(=O)(=O)c1ccccn1. The number of nitrogens with zero attached hydrogens (tertiary/aromatic N) is 2. The van der Waals surface area contributed by atoms with Crippen LogP contribution in [-0.4, -0.2) is 60.5 Å². The van der Waals surface area contributed by atoms with Gasteiger partial charge in [-0.15, -0.1) is 11.3 Å². The Labute approximate surface area is 229 Å². The molecule has 0 bridgehead atoms. The first-order valence-electron chi connectivity index (χ1n) is 13.2. The van der Waals surface area contributed by atoms with Gasteiger partial charge in [-0.05, 0) is 61.7 Å². The third-order valence-electron chi connectivity index (χ3n) is 6.87. The molecule has 2 N–H and O–H groups in total. The number of hydrogen-bond donors (Lipinski definition) is 2. The molecule has 11 heteroatoms. The highest BCUT2D eigenvalue weighted by Crippen LogP contribution is 2.28. The van der Waals surface area contributed by atoms with Gasteiger partial charge in [0, 0.05) is 12.7 Å². The molecule has 2 aromatic rings. The van der Waals surface area contributed by atoms with Crippen LogP contribution in [0.25, 0.3) is 0 Å². The van der Waals surface area contributed by atoms with Crippen molar-refractivity contribution in [1.82, 2.24) is 19.9 Å². The molecule has 1 unspecified atom stereocenters. The van der Waals surface area contributed by atoms with Crippen molar-refractivity contribution in [3.63, 3.8) is 0 Å². The van der Waals surface area contributed by atoms with E-state index in [9.17, 15) is 22.8 Å². The van der Waals surface area contributed by atoms with Crippen molar-refractivity contribution < 1.29 is 22.8 Å². The van der Waals surface area contributed by atoms with E-state index in [-0.39, 0.29) is 24.0 Å². The minimum absolute atomic E-state index is 0.128. The number of carbonyl (C=O) groups is 3. The summed E-state index contributed by atoms with van der Waals surface area (Å²) in [6.45, 7) is 4.97. The van der Waals surface area contributed by atoms with Crippen LogP contribution in [0.4, 0.5) is 0 Å². The summed E-state index contributed by atoms with van der Waals surface area (Å²) in [7, 11) is -3.97. The normalized spacial score (nSPS) is 16.1. The molecule has 38 heavy (non-hydrogen) atoms. The molecule has 1 aliphatic rings. The zero-order valence-electron chi connectivity index (χ0n) is 22.3. The van der Waals surface area contributed by atoms with E-state index in [1.807, 2.05) is 25.3 Å². The standard InChI is InChI=1S/C27H38N4O5S2/c1-4-15-31(38(35,36)24-12-8-9-14-28-24)18-23(32)20(3)29-26(33)22(17-21-10-6-5-7-11-21)30-27(34)25-19(2)13-16-37-25/h8-9,12-14,16,20-22H,4-7,10-11,15,17-18H2,1-3H3,(H,29,33)(H,30,34)/t20?,22-/m0/s1. The predicted molar refractivity (Wildman–Crippen MR) is 147 cm³/mol. The summed E-state index contributed by atoms with van der Waals surface area (Å²) >= 11 is 1.32. The molecular weight excluding hydrogens is 524 g/mol. The topological polar surface area (TPSA) is 126 Å². The van der Waals surface area contributed by atoms with Crippen LogP contribution in [0.5, 0.6) is 0 Å². The van der Waals surface area contributed by atoms with Gasteiger partial charge in [0.25, 0.3) is 15.9 Å². The number of Topliss-reactive ketones (excluding diaryl/α,β-unsaturated/α-hetero) is 1. The van der Waals surface area contributed by atoms with E-state index in [0.717, 1.165) is 35.6 Å². The van der Waals surface area contributed by atoms with Crippen molar-refractivity contribution in [3.8, 4) is 0 Å². The van der Waals surface area contributed by atoms with Crippen LogP contribution in [0.1, 0.15) is 74.0 Å². The smallest absolute Gasteiger partial charge is 0.262 e. The van der Waals surface area contributed by atoms with Gasteiger partial charge in [0.2, 0.25) is 5.91 Å². The third-order valence-corrected chi connectivity index (χ3v) is 9.65. The average molecular weight is 563 g/mol. The number of pyridine rings is 1. The highest BCUT2D eigenvalue weighted by Gasteiger charge is 2.32. The number of hydrogen-bond acceptors (Lipinski definition) is 7. The predicted octanol–water partition coefficient (Wildman–Crippen LogP) is 3.70. The Kier molecular flexibility index (Phi) is 11.0. The van der Waals surface area contributed by atoms with Gasteiger partial charge in [0.15, 0.2) is 10.8 Å². The lowest BCUT2D eigenvalue weighted by atomic mass is 9.84. The van der Waals surface area contributed by atoms with Crippen LogP contribution in [0.15, 0.2) is 40.9 Å². The van der Waals surface area contributed by atoms with Crippen molar-refractivity contribution in [2.45, 2.75) is 82.8 Å². The summed E-state index contributed by atoms with van der Waals surface area (Å²) in [6.07, 6.45) is 7.78. The first kappa shape index (κ1) is 29.9. The Hall–Kier alpha value is -2.63. The first-order chi connectivity index (χ1) is 18.1. The zero-order valence-corrected chi connectivity index (χ0v) is 23.9. The Bertz CT molecular complexity index is 1190. The maximum atomic E-state index is 13.3. The fourth-order valence-corrected chi connectivity index (χ4v) is 6.95. The molecule has 2 heterocycles. The van der Waals surface area contributed by atoms with Crippen molar-refractivity contribution in [2.24, 2.45) is 5.92 Å². The maximum absolute atomic E-state index is 13.3. The lowest BCUT2D eigenvalue weighted by Gasteiger charge is -2.28. The minimum atomic E-state index is -3.97. The number of nitrogens with one attached hydrogen (secondary N) is 2. The van der Waals surface area contributed by atoms with Crippen LogP contribution in [0, 0.1) is 12.8 Å². The number of carbonyl (C=O) groups excluding carboxylic acids is 3. The number of aromatic nitrogens is 1. The largest absolute Gasteiger partial charge is 0.345 e. The number of sulfonamides is 1. The number of rotatable bonds is 13. The quantitative estimate of drug-likeness (QED) is 0.384. The van der Waals surface area contributed by atoms with Crippen molar-refractivity contribution in [3.05, 3.63) is 46.3 Å². The Balaban J connectivity index is 1.69. The van der Waals surface area contributed by atoms with Crippen LogP contribution in [0.2, 0.25) is 0 Å². The minimum Gasteiger partial charge on any atom is -0.345 e. The van der Waals surface area contributed by atoms with Gasteiger partial charge < -0.3 is 10.6 Å². The molecule has 1 fully saturated rings. The number of amides is 2. The Morgan fingerprint density at radius 1 is 1.13 bits per heavy atom. The van der Waals surface area contributed by atoms with E-state index in [4.69, 9.17) is 0 Å². The van der Waals surface area contributed by atoms with E-state index in [0.29, 0.717) is 23.6 Å². The molecule has 2 amide bonds. The zero-order chi connectivity index (χ0) is 27.7. The number of thiophene rings is 1. The van der Waals surface area contributed by atoms with E-state index < -0.39 is 33.8 Å². The Morgan fingerprint density at radius 2 is 1.87 bits per heavy atom. The van der Waals surface area contributed by atoms with Crippen molar-refractivity contribution in [1.29, 1.82) is 0 Å². The third kappa shape index (κ3) is 7.94. The highest BCUT2D eigenvalue weighted by atomic mass is 32.2. The Morgan fingerprint density at radius 3 is 2.47 bits per heavy atom. The van der Waals surface area contributed by atoms with Gasteiger partial charge in [0.1, 0.15) is 6.04 Å². The van der Waals surface area contributed by atoms with Crippen LogP contribution in [-0.2, 0) is 19.6 Å². The summed E-state index contributed by atoms with van der Waals surface area (Å²) in [6, 6.07) is 4.72. The van der Waals surface area contributed by atoms with Crippen LogP contribution >= 0.6 is 11.3 Å². The summed E-state index contributed by atoms with van der Waals surface area (Å²) in [5.74, 6) is -0.862. The second-order valence-electron chi connectivity index (χ2n) is 9.90. The fourth-order valence-electron chi connectivity index (χ4n) is 4.69. The summed E-state index contributed by atoms with van der Waals surface area (Å²) in [5.41, 5.74) is 0.845. The van der Waals surface area contributed by atoms with Gasteiger partial charge in [-0.2, -0.15) is 4.31 Å². The molecule has 0 saturated heterocycles. The van der Waals surface area contributed by atoms with Gasteiger partial charge in [-0.25, -0.2) is 13.4 Å². The molecule has 208 valence electrons. The molecule has 9 nitrogen and oxygen atoms in total. The summed E-state index contributed by atoms with van der Waals surface area (Å²) < 4.78 is 27.2. The van der Waals surface area contributed by atoms with E-state index in [1.54, 1.807) is 19.1 Å². The summed E-state index contributed by atoms with van der Waals surface area (Å²) in [5, 5.41) is 7.34. The lowest BCUT2D eigenvalue weighted by Crippen LogP contribution is -2.53. The average Bonchev–Trinajstić information content (AvgIpc) is 3.34. The monoisotopic (exact) mass is 562 g/mol. The molecule has 0 aromatic carbocycles. The maximum Gasteiger partial charge on any atom is 0.262 e. The van der Waals surface area contributed by atoms with Crippen LogP contribution < -0.4 is 10.6 Å². The lowest BCUT2D eigenvalue weighted by molar-refractivity contribution is -0.128. The van der Waals surface area contributed by atoms with E-state index in [2.05, 4.69) is 15.6 Å². The second kappa shape index (κ2) is 14.0. The molecule has 2 atom stereocenters. The molecule has 1 saturated carbocycles. The van der Waals surface area contributed by atoms with Crippen LogP contribution in [0.3, 0.4) is 0 Å². The second-order valence-corrected chi connectivity index (χ2v) is 12.7. The molecule has 1 aliphatic carbocycles. The van der Waals surface area contributed by atoms with E-state index in [1.165, 1.54) is 30.0 Å². The molecule has 0 aliphatic heterocycles. The molecule has 0 radical (unpaired) electrons. The molecule has 0 spiro atoms. The summed E-state index contributed by atoms with van der Waals surface area (Å²) in [4.78, 5) is 43.9. The fraction of sp³-hybridized carbons (Fsp3) is 0.556. The molecular formula is C27H38N4O5S2. The molecule has 3 rings (SSSR count). The van der Waals surface area contributed by atoms with Crippen molar-refractivity contribution in [2.75, 3.05) is 13.1 Å². The van der Waals surface area contributed by atoms with Crippen molar-refractivity contribution >= 4 is 39.0 Å². The number of ketones is 1. The van der Waals surface area contributed by atoms with E-state index >= 15 is 0 Å². The van der Waals surface area contributed by atoms with Gasteiger partial charge in [0.05, 0.1) is 17.5 Å². The van der Waals surface area contributed by atoms with Gasteiger partial charge in [-0.3, -0.25) is 14.4 Å². The molecule has 2 aromatic heterocycles.